The van der Waals surface area contributed by atoms with Crippen LogP contribution in [0.25, 0.3) is 0 Å². The highest BCUT2D eigenvalue weighted by atomic mass is 32.2. The molecular formula is C18H21FN2O3S. The van der Waals surface area contributed by atoms with Crippen molar-refractivity contribution in [1.82, 2.24) is 4.31 Å². The zero-order valence-corrected chi connectivity index (χ0v) is 15.0. The first-order valence-corrected chi connectivity index (χ1v) is 9.42. The maximum absolute atomic E-state index is 13.6. The number of nitrogens with one attached hydrogen (secondary N) is 1. The van der Waals surface area contributed by atoms with Crippen LogP contribution in [0.2, 0.25) is 0 Å². The Morgan fingerprint density at radius 2 is 1.76 bits per heavy atom. The van der Waals surface area contributed by atoms with Crippen LogP contribution in [-0.4, -0.2) is 32.2 Å². The van der Waals surface area contributed by atoms with Gasteiger partial charge in [0.25, 0.3) is 5.91 Å². The predicted octanol–water partition coefficient (Wildman–Crippen LogP) is 3.50. The SMILES string of the molecule is CCCCN(C)S(=O)(=O)c1ccc(NC(=O)c2ccccc2F)cc1. The van der Waals surface area contributed by atoms with Gasteiger partial charge in [-0.2, -0.15) is 0 Å². The summed E-state index contributed by atoms with van der Waals surface area (Å²) >= 11 is 0. The van der Waals surface area contributed by atoms with Crippen LogP contribution in [0, 0.1) is 5.82 Å². The van der Waals surface area contributed by atoms with Gasteiger partial charge in [0.05, 0.1) is 10.5 Å². The lowest BCUT2D eigenvalue weighted by Gasteiger charge is -2.17. The average molecular weight is 364 g/mol. The molecule has 0 atom stereocenters. The number of amides is 1. The highest BCUT2D eigenvalue weighted by Gasteiger charge is 2.20. The van der Waals surface area contributed by atoms with Gasteiger partial charge < -0.3 is 5.32 Å². The Balaban J connectivity index is 2.12. The minimum atomic E-state index is -3.55. The van der Waals surface area contributed by atoms with E-state index in [0.29, 0.717) is 12.2 Å². The molecule has 0 unspecified atom stereocenters. The summed E-state index contributed by atoms with van der Waals surface area (Å²) in [7, 11) is -2.01. The predicted molar refractivity (Wildman–Crippen MR) is 95.5 cm³/mol. The number of sulfonamides is 1. The van der Waals surface area contributed by atoms with E-state index in [9.17, 15) is 17.6 Å². The lowest BCUT2D eigenvalue weighted by atomic mass is 10.2. The number of benzene rings is 2. The lowest BCUT2D eigenvalue weighted by molar-refractivity contribution is 0.102. The van der Waals surface area contributed by atoms with Crippen LogP contribution in [-0.2, 0) is 10.0 Å². The van der Waals surface area contributed by atoms with Crippen LogP contribution in [0.1, 0.15) is 30.1 Å². The van der Waals surface area contributed by atoms with Crippen molar-refractivity contribution < 1.29 is 17.6 Å². The minimum absolute atomic E-state index is 0.0708. The number of hydrogen-bond acceptors (Lipinski definition) is 3. The molecule has 0 saturated heterocycles. The highest BCUT2D eigenvalue weighted by molar-refractivity contribution is 7.89. The molecule has 0 aliphatic carbocycles. The van der Waals surface area contributed by atoms with Crippen molar-refractivity contribution in [3.63, 3.8) is 0 Å². The quantitative estimate of drug-likeness (QED) is 0.818. The van der Waals surface area contributed by atoms with Crippen LogP contribution in [0.5, 0.6) is 0 Å². The van der Waals surface area contributed by atoms with E-state index in [1.165, 1.54) is 46.8 Å². The fourth-order valence-electron chi connectivity index (χ4n) is 2.23. The Labute approximate surface area is 147 Å². The van der Waals surface area contributed by atoms with Gasteiger partial charge in [-0.15, -0.1) is 0 Å². The minimum Gasteiger partial charge on any atom is -0.322 e. The topological polar surface area (TPSA) is 66.5 Å². The third-order valence-electron chi connectivity index (χ3n) is 3.77. The summed E-state index contributed by atoms with van der Waals surface area (Å²) in [5.74, 6) is -1.20. The molecule has 0 spiro atoms. The van der Waals surface area contributed by atoms with Crippen molar-refractivity contribution in [1.29, 1.82) is 0 Å². The smallest absolute Gasteiger partial charge is 0.258 e. The largest absolute Gasteiger partial charge is 0.322 e. The van der Waals surface area contributed by atoms with Crippen molar-refractivity contribution in [2.24, 2.45) is 0 Å². The Morgan fingerprint density at radius 3 is 2.36 bits per heavy atom. The first-order valence-electron chi connectivity index (χ1n) is 7.98. The number of hydrogen-bond donors (Lipinski definition) is 1. The van der Waals surface area contributed by atoms with E-state index >= 15 is 0 Å². The summed E-state index contributed by atoms with van der Waals surface area (Å²) in [4.78, 5) is 12.2. The molecule has 0 aromatic heterocycles. The van der Waals surface area contributed by atoms with Gasteiger partial charge in [-0.1, -0.05) is 25.5 Å². The number of nitrogens with zero attached hydrogens (tertiary/aromatic N) is 1. The van der Waals surface area contributed by atoms with Gasteiger partial charge in [-0.25, -0.2) is 17.1 Å². The van der Waals surface area contributed by atoms with Crippen molar-refractivity contribution in [2.45, 2.75) is 24.7 Å². The van der Waals surface area contributed by atoms with E-state index in [-0.39, 0.29) is 10.5 Å². The number of unbranched alkanes of at least 4 members (excludes halogenated alkanes) is 1. The number of rotatable bonds is 7. The van der Waals surface area contributed by atoms with E-state index in [2.05, 4.69) is 5.32 Å². The summed E-state index contributed by atoms with van der Waals surface area (Å²) in [6.07, 6.45) is 1.69. The molecule has 0 saturated carbocycles. The number of carbonyl (C=O) groups excluding carboxylic acids is 1. The van der Waals surface area contributed by atoms with Gasteiger partial charge in [0, 0.05) is 19.3 Å². The van der Waals surface area contributed by atoms with Gasteiger partial charge in [-0.3, -0.25) is 4.79 Å². The Morgan fingerprint density at radius 1 is 1.12 bits per heavy atom. The maximum Gasteiger partial charge on any atom is 0.258 e. The normalized spacial score (nSPS) is 11.5. The number of anilines is 1. The standard InChI is InChI=1S/C18H21FN2O3S/c1-3-4-13-21(2)25(23,24)15-11-9-14(10-12-15)20-18(22)16-7-5-6-8-17(16)19/h5-12H,3-4,13H2,1-2H3,(H,20,22). The second-order valence-corrected chi connectivity index (χ2v) is 7.68. The van der Waals surface area contributed by atoms with Crippen LogP contribution in [0.15, 0.2) is 53.4 Å². The van der Waals surface area contributed by atoms with E-state index in [1.54, 1.807) is 13.1 Å². The Bertz CT molecular complexity index is 836. The fourth-order valence-corrected chi connectivity index (χ4v) is 3.44. The van der Waals surface area contributed by atoms with E-state index in [4.69, 9.17) is 0 Å². The number of carbonyl (C=O) groups is 1. The molecule has 0 aliphatic heterocycles. The van der Waals surface area contributed by atoms with Crippen molar-refractivity contribution >= 4 is 21.6 Å². The first-order chi connectivity index (χ1) is 11.9. The fraction of sp³-hybridized carbons (Fsp3) is 0.278. The van der Waals surface area contributed by atoms with Gasteiger partial charge in [0.2, 0.25) is 10.0 Å². The third-order valence-corrected chi connectivity index (χ3v) is 5.64. The molecule has 1 amide bonds. The molecule has 0 aliphatic rings. The van der Waals surface area contributed by atoms with Crippen LogP contribution < -0.4 is 5.32 Å². The van der Waals surface area contributed by atoms with E-state index in [1.807, 2.05) is 6.92 Å². The molecule has 0 radical (unpaired) electrons. The second-order valence-electron chi connectivity index (χ2n) is 5.64. The summed E-state index contributed by atoms with van der Waals surface area (Å²) in [6.45, 7) is 2.44. The van der Waals surface area contributed by atoms with Crippen molar-refractivity contribution in [2.75, 3.05) is 18.9 Å². The van der Waals surface area contributed by atoms with E-state index in [0.717, 1.165) is 12.8 Å². The Hall–Kier alpha value is -2.25. The summed E-state index contributed by atoms with van der Waals surface area (Å²) in [5.41, 5.74) is 0.321. The molecule has 7 heteroatoms. The summed E-state index contributed by atoms with van der Waals surface area (Å²) in [5, 5.41) is 2.55. The number of halogens is 1. The molecule has 0 bridgehead atoms. The lowest BCUT2D eigenvalue weighted by Crippen LogP contribution is -2.27. The zero-order valence-electron chi connectivity index (χ0n) is 14.2. The molecule has 2 aromatic rings. The third kappa shape index (κ3) is 4.64. The van der Waals surface area contributed by atoms with Crippen molar-refractivity contribution in [3.05, 3.63) is 59.9 Å². The molecule has 1 N–H and O–H groups in total. The molecule has 0 fully saturated rings. The molecule has 5 nitrogen and oxygen atoms in total. The molecule has 134 valence electrons. The van der Waals surface area contributed by atoms with Crippen LogP contribution in [0.4, 0.5) is 10.1 Å². The van der Waals surface area contributed by atoms with Crippen molar-refractivity contribution in [3.8, 4) is 0 Å². The van der Waals surface area contributed by atoms with Crippen LogP contribution >= 0.6 is 0 Å². The highest BCUT2D eigenvalue weighted by Crippen LogP contribution is 2.19. The second kappa shape index (κ2) is 8.22. The average Bonchev–Trinajstić information content (AvgIpc) is 2.60. The first kappa shape index (κ1) is 19.1. The van der Waals surface area contributed by atoms with Gasteiger partial charge in [0.1, 0.15) is 5.82 Å². The zero-order chi connectivity index (χ0) is 18.4. The van der Waals surface area contributed by atoms with Gasteiger partial charge in [-0.05, 0) is 42.8 Å². The molecule has 2 aromatic carbocycles. The molecule has 2 rings (SSSR count). The monoisotopic (exact) mass is 364 g/mol. The summed E-state index contributed by atoms with van der Waals surface area (Å²) < 4.78 is 39.8. The molecule has 25 heavy (non-hydrogen) atoms. The van der Waals surface area contributed by atoms with Gasteiger partial charge in [0.15, 0.2) is 0 Å². The molecular weight excluding hydrogens is 343 g/mol. The summed E-state index contributed by atoms with van der Waals surface area (Å²) in [6, 6.07) is 11.5. The van der Waals surface area contributed by atoms with Crippen LogP contribution in [0.3, 0.4) is 0 Å². The Kier molecular flexibility index (Phi) is 6.27. The maximum atomic E-state index is 13.6. The van der Waals surface area contributed by atoms with Gasteiger partial charge >= 0.3 is 0 Å². The molecule has 0 heterocycles. The van der Waals surface area contributed by atoms with E-state index < -0.39 is 21.7 Å².